The first-order valence-electron chi connectivity index (χ1n) is 8.87. The highest BCUT2D eigenvalue weighted by Gasteiger charge is 2.28. The summed E-state index contributed by atoms with van der Waals surface area (Å²) in [6.07, 6.45) is 7.81. The zero-order valence-electron chi connectivity index (χ0n) is 15.3. The summed E-state index contributed by atoms with van der Waals surface area (Å²) in [5.41, 5.74) is 2.64. The first kappa shape index (κ1) is 16.7. The van der Waals surface area contributed by atoms with E-state index in [0.29, 0.717) is 29.9 Å². The molecule has 0 saturated heterocycles. The van der Waals surface area contributed by atoms with Crippen molar-refractivity contribution in [3.05, 3.63) is 53.7 Å². The van der Waals surface area contributed by atoms with Gasteiger partial charge in [0.05, 0.1) is 0 Å². The number of pyridine rings is 2. The van der Waals surface area contributed by atoms with Crippen molar-refractivity contribution in [1.82, 2.24) is 20.1 Å². The molecule has 0 N–H and O–H groups in total. The zero-order valence-corrected chi connectivity index (χ0v) is 15.3. The second kappa shape index (κ2) is 6.52. The molecule has 4 rings (SSSR count). The summed E-state index contributed by atoms with van der Waals surface area (Å²) in [7, 11) is 0. The highest BCUT2D eigenvalue weighted by molar-refractivity contribution is 5.53. The van der Waals surface area contributed by atoms with Crippen LogP contribution in [0.15, 0.2) is 41.3 Å². The molecular formula is C20H22N4O2. The average Bonchev–Trinajstić information content (AvgIpc) is 3.34. The van der Waals surface area contributed by atoms with E-state index in [1.165, 1.54) is 12.8 Å². The lowest BCUT2D eigenvalue weighted by molar-refractivity contribution is 0.302. The molecule has 3 aromatic rings. The minimum absolute atomic E-state index is 0.171. The molecule has 0 radical (unpaired) electrons. The highest BCUT2D eigenvalue weighted by atomic mass is 16.5. The monoisotopic (exact) mass is 350 g/mol. The third-order valence-corrected chi connectivity index (χ3v) is 4.35. The van der Waals surface area contributed by atoms with Crippen LogP contribution in [-0.4, -0.2) is 20.1 Å². The Morgan fingerprint density at radius 3 is 2.73 bits per heavy atom. The lowest BCUT2D eigenvalue weighted by atomic mass is 9.96. The fourth-order valence-electron chi connectivity index (χ4n) is 2.67. The van der Waals surface area contributed by atoms with Gasteiger partial charge < -0.3 is 9.26 Å². The first-order valence-corrected chi connectivity index (χ1v) is 8.87. The van der Waals surface area contributed by atoms with Gasteiger partial charge in [0.2, 0.25) is 0 Å². The van der Waals surface area contributed by atoms with E-state index in [4.69, 9.17) is 9.26 Å². The van der Waals surface area contributed by atoms with Crippen LogP contribution in [0, 0.1) is 0 Å². The van der Waals surface area contributed by atoms with Crippen LogP contribution in [0.4, 0.5) is 0 Å². The van der Waals surface area contributed by atoms with Crippen molar-refractivity contribution in [3.8, 4) is 17.3 Å². The molecule has 6 heteroatoms. The number of nitrogens with zero attached hydrogens (tertiary/aromatic N) is 4. The van der Waals surface area contributed by atoms with Crippen LogP contribution in [0.1, 0.15) is 56.5 Å². The Bertz CT molecular complexity index is 896. The van der Waals surface area contributed by atoms with Crippen LogP contribution in [0.3, 0.4) is 0 Å². The van der Waals surface area contributed by atoms with Crippen LogP contribution in [0.5, 0.6) is 5.75 Å². The smallest absolute Gasteiger partial charge is 0.276 e. The Balaban J connectivity index is 1.61. The zero-order chi connectivity index (χ0) is 18.1. The molecule has 0 spiro atoms. The molecular weight excluding hydrogens is 328 g/mol. The normalized spacial score (nSPS) is 14.4. The van der Waals surface area contributed by atoms with Crippen LogP contribution in [0.25, 0.3) is 11.6 Å². The highest BCUT2D eigenvalue weighted by Crippen LogP contribution is 2.44. The topological polar surface area (TPSA) is 73.9 Å². The average molecular weight is 350 g/mol. The standard InChI is InChI=1S/C20H22N4O2/c1-20(2,3)19-23-18(26-24-19)16-9-17(15(11-22-16)14-6-7-14)25-12-13-5-4-8-21-10-13/h4-5,8-11,14H,6-7,12H2,1-3H3. The molecule has 0 aliphatic heterocycles. The Morgan fingerprint density at radius 1 is 1.23 bits per heavy atom. The quantitative estimate of drug-likeness (QED) is 0.684. The van der Waals surface area contributed by atoms with Crippen molar-refractivity contribution in [3.63, 3.8) is 0 Å². The van der Waals surface area contributed by atoms with Gasteiger partial charge in [-0.25, -0.2) is 0 Å². The summed E-state index contributed by atoms with van der Waals surface area (Å²) in [5, 5.41) is 4.08. The minimum Gasteiger partial charge on any atom is -0.488 e. The van der Waals surface area contributed by atoms with Gasteiger partial charge in [0.25, 0.3) is 5.89 Å². The maximum Gasteiger partial charge on any atom is 0.276 e. The van der Waals surface area contributed by atoms with E-state index >= 15 is 0 Å². The molecule has 26 heavy (non-hydrogen) atoms. The van der Waals surface area contributed by atoms with Crippen LogP contribution in [-0.2, 0) is 12.0 Å². The van der Waals surface area contributed by atoms with Crippen LogP contribution in [0.2, 0.25) is 0 Å². The second-order valence-corrected chi connectivity index (χ2v) is 7.70. The second-order valence-electron chi connectivity index (χ2n) is 7.70. The summed E-state index contributed by atoms with van der Waals surface area (Å²) in [6.45, 7) is 6.61. The Morgan fingerprint density at radius 2 is 2.08 bits per heavy atom. The molecule has 0 aromatic carbocycles. The lowest BCUT2D eigenvalue weighted by Crippen LogP contribution is -2.13. The van der Waals surface area contributed by atoms with Crippen molar-refractivity contribution in [2.75, 3.05) is 0 Å². The molecule has 0 unspecified atom stereocenters. The van der Waals surface area contributed by atoms with Crippen molar-refractivity contribution < 1.29 is 9.26 Å². The minimum atomic E-state index is -0.171. The van der Waals surface area contributed by atoms with Gasteiger partial charge in [0.1, 0.15) is 18.1 Å². The summed E-state index contributed by atoms with van der Waals surface area (Å²) < 4.78 is 11.5. The molecule has 1 fully saturated rings. The Hall–Kier alpha value is -2.76. The molecule has 3 heterocycles. The van der Waals surface area contributed by atoms with Crippen LogP contribution >= 0.6 is 0 Å². The van der Waals surface area contributed by atoms with Gasteiger partial charge in [0.15, 0.2) is 5.82 Å². The van der Waals surface area contributed by atoms with Gasteiger partial charge in [-0.05, 0) is 24.8 Å². The van der Waals surface area contributed by atoms with Gasteiger partial charge in [0, 0.05) is 41.2 Å². The van der Waals surface area contributed by atoms with E-state index in [2.05, 4.69) is 20.1 Å². The molecule has 3 aromatic heterocycles. The fraction of sp³-hybridized carbons (Fsp3) is 0.400. The molecule has 0 bridgehead atoms. The predicted molar refractivity (Wildman–Crippen MR) is 96.8 cm³/mol. The van der Waals surface area contributed by atoms with Crippen LogP contribution < -0.4 is 4.74 Å². The van der Waals surface area contributed by atoms with E-state index in [1.807, 2.05) is 51.4 Å². The fourth-order valence-corrected chi connectivity index (χ4v) is 2.67. The third-order valence-electron chi connectivity index (χ3n) is 4.35. The molecule has 1 saturated carbocycles. The van der Waals surface area contributed by atoms with Crippen molar-refractivity contribution in [2.45, 2.75) is 51.6 Å². The Labute approximate surface area is 152 Å². The number of rotatable bonds is 5. The lowest BCUT2D eigenvalue weighted by Gasteiger charge is -2.12. The SMILES string of the molecule is CC(C)(C)c1noc(-c2cc(OCc3cccnc3)c(C3CC3)cn2)n1. The number of hydrogen-bond acceptors (Lipinski definition) is 6. The van der Waals surface area contributed by atoms with E-state index in [1.54, 1.807) is 6.20 Å². The molecule has 0 amide bonds. The first-order chi connectivity index (χ1) is 12.5. The summed E-state index contributed by atoms with van der Waals surface area (Å²) in [4.78, 5) is 13.2. The van der Waals surface area contributed by atoms with E-state index < -0.39 is 0 Å². The number of hydrogen-bond donors (Lipinski definition) is 0. The number of aromatic nitrogens is 4. The molecule has 1 aliphatic rings. The third kappa shape index (κ3) is 3.59. The number of ether oxygens (including phenoxy) is 1. The van der Waals surface area contributed by atoms with Gasteiger partial charge in [-0.2, -0.15) is 4.98 Å². The molecule has 0 atom stereocenters. The van der Waals surface area contributed by atoms with Crippen molar-refractivity contribution in [2.24, 2.45) is 0 Å². The van der Waals surface area contributed by atoms with Gasteiger partial charge in [-0.15, -0.1) is 0 Å². The molecule has 1 aliphatic carbocycles. The van der Waals surface area contributed by atoms with Crippen molar-refractivity contribution >= 4 is 0 Å². The van der Waals surface area contributed by atoms with Gasteiger partial charge in [-0.3, -0.25) is 9.97 Å². The Kier molecular flexibility index (Phi) is 4.18. The summed E-state index contributed by atoms with van der Waals surface area (Å²) in [6, 6.07) is 5.81. The summed E-state index contributed by atoms with van der Waals surface area (Å²) in [5.74, 6) is 2.45. The predicted octanol–water partition coefficient (Wildman–Crippen LogP) is 4.28. The molecule has 134 valence electrons. The maximum absolute atomic E-state index is 6.09. The van der Waals surface area contributed by atoms with E-state index in [9.17, 15) is 0 Å². The molecule has 6 nitrogen and oxygen atoms in total. The van der Waals surface area contributed by atoms with E-state index in [0.717, 1.165) is 16.9 Å². The largest absolute Gasteiger partial charge is 0.488 e. The van der Waals surface area contributed by atoms with Gasteiger partial charge >= 0.3 is 0 Å². The van der Waals surface area contributed by atoms with Gasteiger partial charge in [-0.1, -0.05) is 32.0 Å². The maximum atomic E-state index is 6.09. The summed E-state index contributed by atoms with van der Waals surface area (Å²) >= 11 is 0. The van der Waals surface area contributed by atoms with Crippen molar-refractivity contribution in [1.29, 1.82) is 0 Å². The van der Waals surface area contributed by atoms with E-state index in [-0.39, 0.29) is 5.41 Å².